The number of likely N-dealkylation sites (N-methyl/N-ethyl adjacent to an activating group) is 1. The minimum absolute atomic E-state index is 0.192. The molecule has 0 aliphatic carbocycles. The Kier molecular flexibility index (Phi) is 7.46. The molecule has 0 aliphatic heterocycles. The van der Waals surface area contributed by atoms with Crippen molar-refractivity contribution in [1.82, 2.24) is 5.32 Å². The number of hydrogen-bond acceptors (Lipinski definition) is 3. The summed E-state index contributed by atoms with van der Waals surface area (Å²) in [6, 6.07) is 10.7. The molecule has 0 bridgehead atoms. The van der Waals surface area contributed by atoms with Crippen molar-refractivity contribution < 1.29 is 5.11 Å². The number of para-hydroxylation sites is 1. The third-order valence-corrected chi connectivity index (χ3v) is 3.28. The zero-order valence-electron chi connectivity index (χ0n) is 11.6. The summed E-state index contributed by atoms with van der Waals surface area (Å²) in [5.41, 5.74) is 1.28. The van der Waals surface area contributed by atoms with Gasteiger partial charge in [0.2, 0.25) is 0 Å². The molecule has 2 N–H and O–H groups in total. The van der Waals surface area contributed by atoms with Gasteiger partial charge in [-0.1, -0.05) is 31.5 Å². The predicted molar refractivity (Wildman–Crippen MR) is 78.1 cm³/mol. The van der Waals surface area contributed by atoms with Gasteiger partial charge in [0.15, 0.2) is 0 Å². The first-order chi connectivity index (χ1) is 8.81. The maximum absolute atomic E-state index is 9.20. The SMILES string of the molecule is CCCCN(CCC(CO)NC)c1ccccc1. The molecule has 0 saturated heterocycles. The highest BCUT2D eigenvalue weighted by Gasteiger charge is 2.09. The van der Waals surface area contributed by atoms with E-state index in [1.54, 1.807) is 0 Å². The van der Waals surface area contributed by atoms with Gasteiger partial charge in [0.05, 0.1) is 6.61 Å². The first-order valence-electron chi connectivity index (χ1n) is 6.90. The van der Waals surface area contributed by atoms with Gasteiger partial charge in [-0.15, -0.1) is 0 Å². The Hall–Kier alpha value is -1.06. The predicted octanol–water partition coefficient (Wildman–Crippen LogP) is 2.26. The number of aliphatic hydroxyl groups excluding tert-OH is 1. The van der Waals surface area contributed by atoms with Gasteiger partial charge >= 0.3 is 0 Å². The second-order valence-corrected chi connectivity index (χ2v) is 4.63. The van der Waals surface area contributed by atoms with Crippen LogP contribution < -0.4 is 10.2 Å². The number of aliphatic hydroxyl groups is 1. The average molecular weight is 250 g/mol. The number of rotatable bonds is 9. The Balaban J connectivity index is 2.56. The first kappa shape index (κ1) is 15.0. The molecular weight excluding hydrogens is 224 g/mol. The fourth-order valence-corrected chi connectivity index (χ4v) is 2.00. The summed E-state index contributed by atoms with van der Waals surface area (Å²) in [6.45, 7) is 4.48. The maximum Gasteiger partial charge on any atom is 0.0585 e. The van der Waals surface area contributed by atoms with E-state index in [0.717, 1.165) is 19.5 Å². The monoisotopic (exact) mass is 250 g/mol. The Bertz CT molecular complexity index is 299. The zero-order valence-corrected chi connectivity index (χ0v) is 11.6. The molecule has 102 valence electrons. The van der Waals surface area contributed by atoms with Crippen molar-refractivity contribution in [3.05, 3.63) is 30.3 Å². The molecule has 0 heterocycles. The Morgan fingerprint density at radius 3 is 2.50 bits per heavy atom. The fraction of sp³-hybridized carbons (Fsp3) is 0.600. The summed E-state index contributed by atoms with van der Waals surface area (Å²) in [7, 11) is 1.90. The van der Waals surface area contributed by atoms with Crippen molar-refractivity contribution >= 4 is 5.69 Å². The second kappa shape index (κ2) is 8.95. The van der Waals surface area contributed by atoms with Crippen LogP contribution in [-0.4, -0.2) is 37.9 Å². The van der Waals surface area contributed by atoms with Crippen LogP contribution in [0.5, 0.6) is 0 Å². The molecule has 3 nitrogen and oxygen atoms in total. The number of hydrogen-bond donors (Lipinski definition) is 2. The third kappa shape index (κ3) is 5.07. The van der Waals surface area contributed by atoms with Gasteiger partial charge in [-0.25, -0.2) is 0 Å². The number of benzene rings is 1. The van der Waals surface area contributed by atoms with Crippen LogP contribution in [0.3, 0.4) is 0 Å². The molecule has 0 aromatic heterocycles. The van der Waals surface area contributed by atoms with E-state index in [2.05, 4.69) is 41.4 Å². The summed E-state index contributed by atoms with van der Waals surface area (Å²) in [5.74, 6) is 0. The van der Waals surface area contributed by atoms with E-state index in [0.29, 0.717) is 0 Å². The largest absolute Gasteiger partial charge is 0.395 e. The van der Waals surface area contributed by atoms with E-state index in [-0.39, 0.29) is 12.6 Å². The van der Waals surface area contributed by atoms with Gasteiger partial charge in [-0.05, 0) is 32.0 Å². The normalized spacial score (nSPS) is 12.4. The molecule has 0 fully saturated rings. The number of unbranched alkanes of at least 4 members (excludes halogenated alkanes) is 1. The molecule has 1 aromatic carbocycles. The summed E-state index contributed by atoms with van der Waals surface area (Å²) < 4.78 is 0. The minimum atomic E-state index is 0.192. The summed E-state index contributed by atoms with van der Waals surface area (Å²) in [5, 5.41) is 12.3. The van der Waals surface area contributed by atoms with Gasteiger partial charge in [0, 0.05) is 24.8 Å². The van der Waals surface area contributed by atoms with Crippen LogP contribution >= 0.6 is 0 Å². The third-order valence-electron chi connectivity index (χ3n) is 3.28. The lowest BCUT2D eigenvalue weighted by Crippen LogP contribution is -2.35. The van der Waals surface area contributed by atoms with E-state index in [1.165, 1.54) is 18.5 Å². The van der Waals surface area contributed by atoms with Crippen molar-refractivity contribution in [2.24, 2.45) is 0 Å². The van der Waals surface area contributed by atoms with Crippen molar-refractivity contribution in [3.8, 4) is 0 Å². The van der Waals surface area contributed by atoms with Crippen LogP contribution in [0.2, 0.25) is 0 Å². The zero-order chi connectivity index (χ0) is 13.2. The van der Waals surface area contributed by atoms with Crippen LogP contribution in [-0.2, 0) is 0 Å². The molecule has 1 aromatic rings. The van der Waals surface area contributed by atoms with E-state index < -0.39 is 0 Å². The van der Waals surface area contributed by atoms with Crippen molar-refractivity contribution in [2.45, 2.75) is 32.2 Å². The van der Waals surface area contributed by atoms with Gasteiger partial charge < -0.3 is 15.3 Å². The summed E-state index contributed by atoms with van der Waals surface area (Å²) in [6.07, 6.45) is 3.38. The number of anilines is 1. The molecule has 0 spiro atoms. The van der Waals surface area contributed by atoms with Crippen LogP contribution in [0.15, 0.2) is 30.3 Å². The van der Waals surface area contributed by atoms with E-state index in [9.17, 15) is 5.11 Å². The van der Waals surface area contributed by atoms with Gasteiger partial charge in [0.25, 0.3) is 0 Å². The number of nitrogens with zero attached hydrogens (tertiary/aromatic N) is 1. The minimum Gasteiger partial charge on any atom is -0.395 e. The number of nitrogens with one attached hydrogen (secondary N) is 1. The Morgan fingerprint density at radius 1 is 1.22 bits per heavy atom. The quantitative estimate of drug-likeness (QED) is 0.706. The fourth-order valence-electron chi connectivity index (χ4n) is 2.00. The Morgan fingerprint density at radius 2 is 1.94 bits per heavy atom. The van der Waals surface area contributed by atoms with Gasteiger partial charge in [-0.3, -0.25) is 0 Å². The molecule has 1 rings (SSSR count). The van der Waals surface area contributed by atoms with Gasteiger partial charge in [0.1, 0.15) is 0 Å². The molecule has 0 amide bonds. The van der Waals surface area contributed by atoms with Crippen molar-refractivity contribution in [2.75, 3.05) is 31.6 Å². The van der Waals surface area contributed by atoms with E-state index >= 15 is 0 Å². The molecule has 3 heteroatoms. The first-order valence-corrected chi connectivity index (χ1v) is 6.90. The molecular formula is C15H26N2O. The second-order valence-electron chi connectivity index (χ2n) is 4.63. The topological polar surface area (TPSA) is 35.5 Å². The maximum atomic E-state index is 9.20. The summed E-state index contributed by atoms with van der Waals surface area (Å²) >= 11 is 0. The molecule has 0 radical (unpaired) electrons. The highest BCUT2D eigenvalue weighted by Crippen LogP contribution is 2.15. The molecule has 1 unspecified atom stereocenters. The van der Waals surface area contributed by atoms with Crippen LogP contribution in [0.1, 0.15) is 26.2 Å². The molecule has 0 saturated carbocycles. The van der Waals surface area contributed by atoms with E-state index in [1.807, 2.05) is 13.1 Å². The lowest BCUT2D eigenvalue weighted by atomic mass is 10.2. The lowest BCUT2D eigenvalue weighted by Gasteiger charge is -2.26. The van der Waals surface area contributed by atoms with Crippen LogP contribution in [0.25, 0.3) is 0 Å². The van der Waals surface area contributed by atoms with Crippen LogP contribution in [0.4, 0.5) is 5.69 Å². The van der Waals surface area contributed by atoms with Crippen LogP contribution in [0, 0.1) is 0 Å². The highest BCUT2D eigenvalue weighted by atomic mass is 16.3. The molecule has 18 heavy (non-hydrogen) atoms. The van der Waals surface area contributed by atoms with E-state index in [4.69, 9.17) is 0 Å². The Labute approximate surface area is 111 Å². The van der Waals surface area contributed by atoms with Gasteiger partial charge in [-0.2, -0.15) is 0 Å². The van der Waals surface area contributed by atoms with Crippen molar-refractivity contribution in [3.63, 3.8) is 0 Å². The van der Waals surface area contributed by atoms with Crippen molar-refractivity contribution in [1.29, 1.82) is 0 Å². The summed E-state index contributed by atoms with van der Waals surface area (Å²) in [4.78, 5) is 2.41. The average Bonchev–Trinajstić information content (AvgIpc) is 2.44. The standard InChI is InChI=1S/C15H26N2O/c1-3-4-11-17(12-10-14(13-18)16-2)15-8-6-5-7-9-15/h5-9,14,16,18H,3-4,10-13H2,1-2H3. The highest BCUT2D eigenvalue weighted by molar-refractivity contribution is 5.45. The lowest BCUT2D eigenvalue weighted by molar-refractivity contribution is 0.243. The molecule has 1 atom stereocenters. The molecule has 0 aliphatic rings. The smallest absolute Gasteiger partial charge is 0.0585 e.